The third kappa shape index (κ3) is 1.23. The molecule has 3 aliphatic carbocycles. The molecule has 2 bridgehead atoms. The highest BCUT2D eigenvalue weighted by Crippen LogP contribution is 2.47. The molecule has 0 amide bonds. The molecule has 1 aromatic rings. The summed E-state index contributed by atoms with van der Waals surface area (Å²) in [6.07, 6.45) is 3.96. The molecule has 0 saturated carbocycles. The van der Waals surface area contributed by atoms with Crippen LogP contribution in [0.2, 0.25) is 0 Å². The van der Waals surface area contributed by atoms with E-state index in [0.717, 1.165) is 0 Å². The van der Waals surface area contributed by atoms with Gasteiger partial charge in [0.1, 0.15) is 0 Å². The summed E-state index contributed by atoms with van der Waals surface area (Å²) < 4.78 is 53.8. The Hall–Kier alpha value is -1.36. The topological polar surface area (TPSA) is 27.6 Å². The molecule has 3 unspecified atom stereocenters. The van der Waals surface area contributed by atoms with Crippen molar-refractivity contribution < 1.29 is 23.3 Å². The van der Waals surface area contributed by atoms with Gasteiger partial charge in [-0.25, -0.2) is 17.6 Å². The van der Waals surface area contributed by atoms with Crippen molar-refractivity contribution in [3.05, 3.63) is 46.5 Å². The van der Waals surface area contributed by atoms with Gasteiger partial charge in [-0.2, -0.15) is 0 Å². The number of allylic oxidation sites excluding steroid dienone is 1. The molecular formula is C12H10F4N+. The zero-order valence-electron chi connectivity index (χ0n) is 8.81. The maximum absolute atomic E-state index is 13.7. The van der Waals surface area contributed by atoms with Gasteiger partial charge in [-0.15, -0.1) is 0 Å². The highest BCUT2D eigenvalue weighted by atomic mass is 19.2. The van der Waals surface area contributed by atoms with Gasteiger partial charge in [0.15, 0.2) is 23.3 Å². The molecule has 0 radical (unpaired) electrons. The van der Waals surface area contributed by atoms with E-state index >= 15 is 0 Å². The minimum absolute atomic E-state index is 0.0335. The first kappa shape index (κ1) is 10.8. The highest BCUT2D eigenvalue weighted by molar-refractivity contribution is 5.47. The van der Waals surface area contributed by atoms with Crippen LogP contribution < -0.4 is 5.73 Å². The normalized spacial score (nSPS) is 29.6. The predicted molar refractivity (Wildman–Crippen MR) is 52.2 cm³/mol. The summed E-state index contributed by atoms with van der Waals surface area (Å²) in [5, 5.41) is 0. The lowest BCUT2D eigenvalue weighted by Crippen LogP contribution is -2.65. The van der Waals surface area contributed by atoms with Gasteiger partial charge in [0.05, 0.1) is 12.0 Å². The molecule has 1 aromatic carbocycles. The fourth-order valence-electron chi connectivity index (χ4n) is 2.86. The summed E-state index contributed by atoms with van der Waals surface area (Å²) in [5.74, 6) is -6.84. The largest absolute Gasteiger partial charge is 0.354 e. The maximum Gasteiger partial charge on any atom is 0.197 e. The van der Waals surface area contributed by atoms with Crippen LogP contribution in [-0.4, -0.2) is 6.04 Å². The average Bonchev–Trinajstić information content (AvgIpc) is 2.33. The van der Waals surface area contributed by atoms with Gasteiger partial charge in [-0.05, 0) is 0 Å². The zero-order valence-corrected chi connectivity index (χ0v) is 8.81. The van der Waals surface area contributed by atoms with Gasteiger partial charge < -0.3 is 5.73 Å². The zero-order chi connectivity index (χ0) is 12.3. The Balaban J connectivity index is 2.36. The Kier molecular flexibility index (Phi) is 2.10. The van der Waals surface area contributed by atoms with Crippen molar-refractivity contribution in [3.8, 4) is 0 Å². The number of hydrogen-bond donors (Lipinski definition) is 1. The molecule has 0 saturated heterocycles. The predicted octanol–water partition coefficient (Wildman–Crippen LogP) is 1.99. The van der Waals surface area contributed by atoms with E-state index in [2.05, 4.69) is 5.73 Å². The van der Waals surface area contributed by atoms with Gasteiger partial charge in [0.2, 0.25) is 0 Å². The first-order valence-corrected chi connectivity index (χ1v) is 5.39. The molecule has 5 heteroatoms. The van der Waals surface area contributed by atoms with E-state index in [4.69, 9.17) is 0 Å². The van der Waals surface area contributed by atoms with E-state index in [1.54, 1.807) is 12.2 Å². The first-order chi connectivity index (χ1) is 8.02. The minimum Gasteiger partial charge on any atom is -0.354 e. The van der Waals surface area contributed by atoms with E-state index < -0.39 is 35.1 Å². The molecule has 3 atom stereocenters. The van der Waals surface area contributed by atoms with Crippen LogP contribution in [0.3, 0.4) is 0 Å². The van der Waals surface area contributed by atoms with Gasteiger partial charge in [-0.3, -0.25) is 0 Å². The van der Waals surface area contributed by atoms with Crippen LogP contribution in [-0.2, 0) is 0 Å². The van der Waals surface area contributed by atoms with Crippen LogP contribution in [0.25, 0.3) is 0 Å². The van der Waals surface area contributed by atoms with E-state index in [0.29, 0.717) is 6.42 Å². The third-order valence-corrected chi connectivity index (χ3v) is 3.66. The van der Waals surface area contributed by atoms with E-state index in [-0.39, 0.29) is 17.2 Å². The lowest BCUT2D eigenvalue weighted by Gasteiger charge is -2.36. The number of fused-ring (bicyclic) bond motifs is 1. The fourth-order valence-corrected chi connectivity index (χ4v) is 2.86. The standard InChI is InChI=1S/C12H9F4N/c13-9-7-4-1-2-5(6(17)3-4)8(7)10(14)12(16)11(9)15/h1-2,4-6H,3,17H2/p+1. The minimum atomic E-state index is -1.73. The second kappa shape index (κ2) is 3.32. The van der Waals surface area contributed by atoms with Crippen molar-refractivity contribution in [1.82, 2.24) is 0 Å². The lowest BCUT2D eigenvalue weighted by molar-refractivity contribution is -0.427. The van der Waals surface area contributed by atoms with Gasteiger partial charge in [0.25, 0.3) is 0 Å². The highest BCUT2D eigenvalue weighted by Gasteiger charge is 2.43. The Morgan fingerprint density at radius 1 is 0.882 bits per heavy atom. The quantitative estimate of drug-likeness (QED) is 0.313. The Bertz CT molecular complexity index is 538. The van der Waals surface area contributed by atoms with Crippen molar-refractivity contribution in [1.29, 1.82) is 0 Å². The smallest absolute Gasteiger partial charge is 0.197 e. The first-order valence-electron chi connectivity index (χ1n) is 5.39. The molecule has 0 heterocycles. The summed E-state index contributed by atoms with van der Waals surface area (Å²) in [7, 11) is 0. The maximum atomic E-state index is 13.7. The van der Waals surface area contributed by atoms with E-state index in [1.807, 2.05) is 0 Å². The van der Waals surface area contributed by atoms with Crippen molar-refractivity contribution in [3.63, 3.8) is 0 Å². The van der Waals surface area contributed by atoms with Gasteiger partial charge in [-0.1, -0.05) is 12.2 Å². The summed E-state index contributed by atoms with van der Waals surface area (Å²) in [6.45, 7) is 0. The van der Waals surface area contributed by atoms with Crippen molar-refractivity contribution in [2.75, 3.05) is 0 Å². The monoisotopic (exact) mass is 244 g/mol. The van der Waals surface area contributed by atoms with Gasteiger partial charge >= 0.3 is 0 Å². The van der Waals surface area contributed by atoms with Crippen molar-refractivity contribution in [2.24, 2.45) is 0 Å². The summed E-state index contributed by atoms with van der Waals surface area (Å²) in [4.78, 5) is 0. The molecule has 0 aromatic heterocycles. The van der Waals surface area contributed by atoms with Crippen LogP contribution in [0, 0.1) is 23.3 Å². The number of halogens is 4. The molecule has 90 valence electrons. The molecule has 3 aliphatic rings. The average molecular weight is 244 g/mol. The van der Waals surface area contributed by atoms with Crippen LogP contribution in [0.5, 0.6) is 0 Å². The number of quaternary nitrogens is 1. The second-order valence-corrected chi connectivity index (χ2v) is 4.60. The lowest BCUT2D eigenvalue weighted by atomic mass is 9.68. The van der Waals surface area contributed by atoms with Crippen LogP contribution in [0.15, 0.2) is 12.2 Å². The van der Waals surface area contributed by atoms with Crippen molar-refractivity contribution in [2.45, 2.75) is 24.3 Å². The third-order valence-electron chi connectivity index (χ3n) is 3.66. The molecule has 1 nitrogen and oxygen atoms in total. The SMILES string of the molecule is [NH3+]C1CC2C=CC1c1c(F)c(F)c(F)c(F)c12. The number of benzene rings is 1. The summed E-state index contributed by atoms with van der Waals surface area (Å²) >= 11 is 0. The molecule has 17 heavy (non-hydrogen) atoms. The Labute approximate surface area is 94.9 Å². The second-order valence-electron chi connectivity index (χ2n) is 4.60. The fraction of sp³-hybridized carbons (Fsp3) is 0.333. The molecule has 0 aliphatic heterocycles. The van der Waals surface area contributed by atoms with Crippen LogP contribution >= 0.6 is 0 Å². The van der Waals surface area contributed by atoms with Crippen molar-refractivity contribution >= 4 is 0 Å². The number of rotatable bonds is 0. The molecule has 0 spiro atoms. The van der Waals surface area contributed by atoms with Crippen LogP contribution in [0.4, 0.5) is 17.6 Å². The molecule has 4 rings (SSSR count). The summed E-state index contributed by atoms with van der Waals surface area (Å²) in [5.41, 5.74) is 3.76. The molecule has 3 N–H and O–H groups in total. The Morgan fingerprint density at radius 3 is 2.06 bits per heavy atom. The molecule has 0 fully saturated rings. The molecular weight excluding hydrogens is 234 g/mol. The van der Waals surface area contributed by atoms with E-state index in [1.165, 1.54) is 0 Å². The summed E-state index contributed by atoms with van der Waals surface area (Å²) in [6, 6.07) is -0.128. The number of hydrogen-bond acceptors (Lipinski definition) is 0. The van der Waals surface area contributed by atoms with Crippen LogP contribution in [0.1, 0.15) is 29.4 Å². The van der Waals surface area contributed by atoms with Gasteiger partial charge in [0, 0.05) is 23.5 Å². The Morgan fingerprint density at radius 2 is 1.47 bits per heavy atom. The van der Waals surface area contributed by atoms with E-state index in [9.17, 15) is 17.6 Å².